The third-order valence-corrected chi connectivity index (χ3v) is 10.7. The second-order valence-corrected chi connectivity index (χ2v) is 12.7. The number of carbonyl (C=O) groups is 2. The molecular weight excluding hydrogens is 480 g/mol. The van der Waals surface area contributed by atoms with Gasteiger partial charge in [0, 0.05) is 47.4 Å². The number of nitrogens with zero attached hydrogens (tertiary/aromatic N) is 1. The fourth-order valence-electron chi connectivity index (χ4n) is 8.50. The zero-order valence-corrected chi connectivity index (χ0v) is 22.6. The van der Waals surface area contributed by atoms with Crippen molar-refractivity contribution in [2.75, 3.05) is 11.4 Å². The lowest BCUT2D eigenvalue weighted by molar-refractivity contribution is -0.138. The Bertz CT molecular complexity index is 1230. The molecule has 6 rings (SSSR count). The molecule has 4 aliphatic rings. The van der Waals surface area contributed by atoms with Crippen LogP contribution in [0.5, 0.6) is 0 Å². The first-order chi connectivity index (χ1) is 17.8. The van der Waals surface area contributed by atoms with E-state index in [2.05, 4.69) is 36.2 Å². The Balaban J connectivity index is 1.41. The minimum absolute atomic E-state index is 0.00164. The molecule has 5 heteroatoms. The van der Waals surface area contributed by atoms with Gasteiger partial charge in [-0.25, -0.2) is 0 Å². The highest BCUT2D eigenvalue weighted by atomic mass is 35.5. The minimum atomic E-state index is -0.402. The highest BCUT2D eigenvalue weighted by Crippen LogP contribution is 2.65. The minimum Gasteiger partial charge on any atom is -0.352 e. The van der Waals surface area contributed by atoms with Crippen LogP contribution in [0.15, 0.2) is 66.4 Å². The van der Waals surface area contributed by atoms with Crippen molar-refractivity contribution in [2.24, 2.45) is 34.5 Å². The molecule has 0 spiro atoms. The first-order valence-corrected chi connectivity index (χ1v) is 14.3. The summed E-state index contributed by atoms with van der Waals surface area (Å²) in [6, 6.07) is 18.0. The number of anilines is 1. The number of hydrogen-bond donors (Lipinski definition) is 1. The third-order valence-electron chi connectivity index (χ3n) is 10.4. The Labute approximate surface area is 225 Å². The van der Waals surface area contributed by atoms with Crippen molar-refractivity contribution in [3.05, 3.63) is 77.0 Å². The number of benzene rings is 2. The number of rotatable bonds is 4. The van der Waals surface area contributed by atoms with Crippen LogP contribution in [0.3, 0.4) is 0 Å². The maximum absolute atomic E-state index is 13.9. The van der Waals surface area contributed by atoms with E-state index in [1.807, 2.05) is 48.5 Å². The molecule has 2 saturated carbocycles. The molecule has 6 atom stereocenters. The largest absolute Gasteiger partial charge is 0.352 e. The summed E-state index contributed by atoms with van der Waals surface area (Å²) < 4.78 is 0. The van der Waals surface area contributed by atoms with Crippen LogP contribution < -0.4 is 10.2 Å². The summed E-state index contributed by atoms with van der Waals surface area (Å²) in [5, 5.41) is 3.91. The monoisotopic (exact) mass is 516 g/mol. The molecular formula is C32H37ClN2O2. The molecule has 0 bridgehead atoms. The number of amides is 1. The van der Waals surface area contributed by atoms with E-state index in [-0.39, 0.29) is 24.0 Å². The van der Waals surface area contributed by atoms with Crippen molar-refractivity contribution in [1.29, 1.82) is 0 Å². The Morgan fingerprint density at radius 2 is 1.78 bits per heavy atom. The van der Waals surface area contributed by atoms with Crippen LogP contribution >= 0.6 is 11.6 Å². The van der Waals surface area contributed by atoms with E-state index in [9.17, 15) is 9.59 Å². The van der Waals surface area contributed by atoms with Gasteiger partial charge in [-0.2, -0.15) is 0 Å². The summed E-state index contributed by atoms with van der Waals surface area (Å²) in [6.45, 7) is 6.17. The number of halogens is 1. The number of nitrogens with one attached hydrogen (secondary N) is 1. The van der Waals surface area contributed by atoms with Gasteiger partial charge < -0.3 is 10.2 Å². The Kier molecular flexibility index (Phi) is 6.22. The lowest BCUT2D eigenvalue weighted by atomic mass is 9.48. The molecule has 194 valence electrons. The summed E-state index contributed by atoms with van der Waals surface area (Å²) in [7, 11) is 0. The molecule has 1 unspecified atom stereocenters. The summed E-state index contributed by atoms with van der Waals surface area (Å²) in [6.07, 6.45) is 8.34. The van der Waals surface area contributed by atoms with Gasteiger partial charge in [0.1, 0.15) is 0 Å². The second-order valence-electron chi connectivity index (χ2n) is 12.3. The summed E-state index contributed by atoms with van der Waals surface area (Å²) in [5.41, 5.74) is 3.14. The van der Waals surface area contributed by atoms with Crippen LogP contribution in [-0.4, -0.2) is 18.2 Å². The van der Waals surface area contributed by atoms with E-state index in [1.54, 1.807) is 0 Å². The van der Waals surface area contributed by atoms with E-state index >= 15 is 0 Å². The van der Waals surface area contributed by atoms with Crippen molar-refractivity contribution in [3.8, 4) is 0 Å². The van der Waals surface area contributed by atoms with E-state index < -0.39 is 5.41 Å². The average molecular weight is 517 g/mol. The smallest absolute Gasteiger partial charge is 0.224 e. The quantitative estimate of drug-likeness (QED) is 0.486. The van der Waals surface area contributed by atoms with Crippen LogP contribution in [0, 0.1) is 34.5 Å². The standard InChI is InChI=1S/C32H37ClN2O2/c1-31-15-6-9-26(31)25-20-35(23-12-10-22(33)11-13-23)29-18-24(36)17-28(32(29,2)27(25)14-16-31)30(37)34-19-21-7-4-3-5-8-21/h3-5,7-8,10-13,18,25-28H,6,9,14-17,19-20H2,1-2H3,(H,34,37)/t25-,26-,27-,28?,31-,32-/m0/s1. The molecule has 1 heterocycles. The Morgan fingerprint density at radius 3 is 2.54 bits per heavy atom. The second kappa shape index (κ2) is 9.31. The number of hydrogen-bond acceptors (Lipinski definition) is 3. The number of fused-ring (bicyclic) bond motifs is 5. The maximum atomic E-state index is 13.9. The van der Waals surface area contributed by atoms with Crippen molar-refractivity contribution in [3.63, 3.8) is 0 Å². The first-order valence-electron chi connectivity index (χ1n) is 13.9. The van der Waals surface area contributed by atoms with Crippen molar-refractivity contribution in [1.82, 2.24) is 5.32 Å². The average Bonchev–Trinajstić information content (AvgIpc) is 3.30. The Hall–Kier alpha value is -2.59. The highest BCUT2D eigenvalue weighted by molar-refractivity contribution is 6.30. The molecule has 0 radical (unpaired) electrons. The molecule has 3 aliphatic carbocycles. The lowest BCUT2D eigenvalue weighted by Gasteiger charge is -2.61. The zero-order valence-electron chi connectivity index (χ0n) is 21.9. The summed E-state index contributed by atoms with van der Waals surface area (Å²) >= 11 is 6.25. The molecule has 3 fully saturated rings. The fourth-order valence-corrected chi connectivity index (χ4v) is 8.63. The maximum Gasteiger partial charge on any atom is 0.224 e. The highest BCUT2D eigenvalue weighted by Gasteiger charge is 2.62. The molecule has 1 N–H and O–H groups in total. The van der Waals surface area contributed by atoms with Crippen molar-refractivity contribution >= 4 is 29.0 Å². The predicted octanol–water partition coefficient (Wildman–Crippen LogP) is 6.79. The van der Waals surface area contributed by atoms with Crippen LogP contribution in [0.2, 0.25) is 5.02 Å². The van der Waals surface area contributed by atoms with Gasteiger partial charge in [0.25, 0.3) is 0 Å². The van der Waals surface area contributed by atoms with Gasteiger partial charge in [0.15, 0.2) is 5.78 Å². The van der Waals surface area contributed by atoms with Crippen molar-refractivity contribution in [2.45, 2.75) is 58.9 Å². The van der Waals surface area contributed by atoms with Gasteiger partial charge in [-0.15, -0.1) is 0 Å². The summed E-state index contributed by atoms with van der Waals surface area (Å²) in [5.74, 6) is 1.21. The third kappa shape index (κ3) is 4.12. The summed E-state index contributed by atoms with van der Waals surface area (Å²) in [4.78, 5) is 29.4. The van der Waals surface area contributed by atoms with E-state index in [4.69, 9.17) is 11.6 Å². The lowest BCUT2D eigenvalue weighted by Crippen LogP contribution is -2.61. The van der Waals surface area contributed by atoms with Gasteiger partial charge in [-0.1, -0.05) is 62.2 Å². The topological polar surface area (TPSA) is 49.4 Å². The molecule has 1 aliphatic heterocycles. The van der Waals surface area contributed by atoms with Gasteiger partial charge in [0.05, 0.1) is 5.92 Å². The van der Waals surface area contributed by atoms with E-state index in [0.29, 0.717) is 34.7 Å². The molecule has 0 aromatic heterocycles. The zero-order chi connectivity index (χ0) is 25.8. The van der Waals surface area contributed by atoms with Crippen LogP contribution in [0.4, 0.5) is 5.69 Å². The Morgan fingerprint density at radius 1 is 1.03 bits per heavy atom. The number of ketones is 1. The molecule has 2 aromatic rings. The number of carbonyl (C=O) groups excluding carboxylic acids is 2. The molecule has 4 nitrogen and oxygen atoms in total. The molecule has 1 saturated heterocycles. The van der Waals surface area contributed by atoms with Gasteiger partial charge in [-0.05, 0) is 78.7 Å². The molecule has 1 amide bonds. The predicted molar refractivity (Wildman–Crippen MR) is 148 cm³/mol. The normalized spacial score (nSPS) is 34.7. The van der Waals surface area contributed by atoms with Crippen LogP contribution in [0.25, 0.3) is 0 Å². The first kappa shape index (κ1) is 24.7. The number of allylic oxidation sites excluding steroid dienone is 2. The SMILES string of the molecule is C[C@@]12CCC[C@H]1[C@@H]1CN(c3ccc(Cl)cc3)C3=CC(=O)CC(C(=O)NCc4ccccc4)[C@]3(C)[C@H]1CC2. The van der Waals surface area contributed by atoms with E-state index in [0.717, 1.165) is 29.9 Å². The molecule has 2 aromatic carbocycles. The number of piperidine rings is 1. The van der Waals surface area contributed by atoms with E-state index in [1.165, 1.54) is 25.7 Å². The van der Waals surface area contributed by atoms with Crippen LogP contribution in [0.1, 0.15) is 57.9 Å². The van der Waals surface area contributed by atoms with Gasteiger partial charge >= 0.3 is 0 Å². The molecule has 37 heavy (non-hydrogen) atoms. The van der Waals surface area contributed by atoms with Crippen molar-refractivity contribution < 1.29 is 9.59 Å². The fraction of sp³-hybridized carbons (Fsp3) is 0.500. The van der Waals surface area contributed by atoms with Gasteiger partial charge in [0.2, 0.25) is 5.91 Å². The van der Waals surface area contributed by atoms with Gasteiger partial charge in [-0.3, -0.25) is 9.59 Å². The van der Waals surface area contributed by atoms with Crippen LogP contribution in [-0.2, 0) is 16.1 Å².